The molecule has 0 fully saturated rings. The van der Waals surface area contributed by atoms with Crippen LogP contribution in [0.4, 0.5) is 0 Å². The maximum absolute atomic E-state index is 14.5. The number of carboxylic acids is 3. The van der Waals surface area contributed by atoms with E-state index in [0.29, 0.717) is 38.5 Å². The zero-order valence-electron chi connectivity index (χ0n) is 29.8. The monoisotopic (exact) mass is 655 g/mol. The standard InChI is InChI=1S/C38H70O8/c1-4-7-10-13-16-19-22-25-28-37(29-26-23-20-17-14-11-8-5-2,30-27-24-21-18-15-12-9-6-3)34(41)33(35(42)43)38(46,36(44)45)31-32(39)40/h33,46H,4-31H2,1-3H3,(H,39,40)(H,42,43)(H,44,45). The predicted molar refractivity (Wildman–Crippen MR) is 185 cm³/mol. The third-order valence-electron chi connectivity index (χ3n) is 9.83. The van der Waals surface area contributed by atoms with E-state index in [-0.39, 0.29) is 0 Å². The lowest BCUT2D eigenvalue weighted by Crippen LogP contribution is -2.57. The Morgan fingerprint density at radius 3 is 1.00 bits per heavy atom. The number of rotatable bonds is 34. The van der Waals surface area contributed by atoms with Crippen LogP contribution in [0.5, 0.6) is 0 Å². The average molecular weight is 655 g/mol. The van der Waals surface area contributed by atoms with Gasteiger partial charge >= 0.3 is 17.9 Å². The molecule has 0 aliphatic carbocycles. The number of unbranched alkanes of at least 4 members (excludes halogenated alkanes) is 21. The minimum absolute atomic E-state index is 0.431. The number of hydrogen-bond donors (Lipinski definition) is 4. The van der Waals surface area contributed by atoms with Gasteiger partial charge in [-0.1, -0.05) is 175 Å². The molecule has 4 N–H and O–H groups in total. The van der Waals surface area contributed by atoms with Crippen molar-refractivity contribution in [2.45, 2.75) is 206 Å². The fourth-order valence-corrected chi connectivity index (χ4v) is 6.91. The van der Waals surface area contributed by atoms with Crippen LogP contribution in [0.1, 0.15) is 201 Å². The lowest BCUT2D eigenvalue weighted by atomic mass is 9.64. The molecule has 0 aromatic carbocycles. The first-order valence-electron chi connectivity index (χ1n) is 19.0. The van der Waals surface area contributed by atoms with Crippen LogP contribution in [0.3, 0.4) is 0 Å². The third kappa shape index (κ3) is 18.4. The molecule has 8 heteroatoms. The number of carboxylic acid groups (broad SMARTS) is 3. The molecule has 0 saturated heterocycles. The molecule has 0 radical (unpaired) electrons. The minimum atomic E-state index is -3.22. The molecular formula is C38H70O8. The Hall–Kier alpha value is -1.96. The van der Waals surface area contributed by atoms with E-state index in [4.69, 9.17) is 0 Å². The van der Waals surface area contributed by atoms with Crippen LogP contribution in [0.25, 0.3) is 0 Å². The summed E-state index contributed by atoms with van der Waals surface area (Å²) in [5.74, 6) is -8.58. The van der Waals surface area contributed by atoms with Crippen molar-refractivity contribution in [3.8, 4) is 0 Å². The molecule has 2 unspecified atom stereocenters. The van der Waals surface area contributed by atoms with Crippen LogP contribution in [-0.4, -0.2) is 49.7 Å². The molecule has 0 aliphatic heterocycles. The summed E-state index contributed by atoms with van der Waals surface area (Å²) in [4.78, 5) is 50.9. The highest BCUT2D eigenvalue weighted by atomic mass is 16.4. The number of Topliss-reactive ketones (excluding diaryl/α,β-unsaturated/α-hetero) is 1. The van der Waals surface area contributed by atoms with Crippen LogP contribution < -0.4 is 0 Å². The highest BCUT2D eigenvalue weighted by molar-refractivity contribution is 6.07. The number of hydrogen-bond acceptors (Lipinski definition) is 5. The Labute approximate surface area is 280 Å². The predicted octanol–water partition coefficient (Wildman–Crippen LogP) is 10.1. The highest BCUT2D eigenvalue weighted by Crippen LogP contribution is 2.43. The van der Waals surface area contributed by atoms with Gasteiger partial charge in [0.25, 0.3) is 0 Å². The van der Waals surface area contributed by atoms with Gasteiger partial charge in [0.2, 0.25) is 0 Å². The highest BCUT2D eigenvalue weighted by Gasteiger charge is 2.57. The maximum Gasteiger partial charge on any atom is 0.337 e. The maximum atomic E-state index is 14.5. The Balaban J connectivity index is 6.09. The Morgan fingerprint density at radius 1 is 0.478 bits per heavy atom. The number of carbonyl (C=O) groups excluding carboxylic acids is 1. The summed E-state index contributed by atoms with van der Waals surface area (Å²) in [6.07, 6.45) is 25.4. The topological polar surface area (TPSA) is 149 Å². The van der Waals surface area contributed by atoms with E-state index in [0.717, 1.165) is 77.0 Å². The normalized spacial score (nSPS) is 13.7. The van der Waals surface area contributed by atoms with Gasteiger partial charge in [-0.2, -0.15) is 0 Å². The summed E-state index contributed by atoms with van der Waals surface area (Å²) in [6, 6.07) is 0. The molecule has 0 saturated carbocycles. The van der Waals surface area contributed by atoms with E-state index in [1.165, 1.54) is 57.8 Å². The summed E-state index contributed by atoms with van der Waals surface area (Å²) in [7, 11) is 0. The number of ketones is 1. The molecule has 0 aromatic heterocycles. The van der Waals surface area contributed by atoms with Gasteiger partial charge in [-0.05, 0) is 19.3 Å². The summed E-state index contributed by atoms with van der Waals surface area (Å²) < 4.78 is 0. The number of carbonyl (C=O) groups is 4. The molecular weight excluding hydrogens is 584 g/mol. The van der Waals surface area contributed by atoms with Gasteiger partial charge in [-0.3, -0.25) is 14.4 Å². The second-order valence-electron chi connectivity index (χ2n) is 13.9. The summed E-state index contributed by atoms with van der Waals surface area (Å²) in [5.41, 5.74) is -4.34. The molecule has 0 spiro atoms. The van der Waals surface area contributed by atoms with Gasteiger partial charge in [-0.15, -0.1) is 0 Å². The molecule has 0 amide bonds. The minimum Gasteiger partial charge on any atom is -0.481 e. The molecule has 0 bridgehead atoms. The van der Waals surface area contributed by atoms with Crippen molar-refractivity contribution in [2.75, 3.05) is 0 Å². The SMILES string of the molecule is CCCCCCCCCCC(CCCCCCCCCC)(CCCCCCCCCC)C(=O)C(C(=O)O)C(O)(CC(=O)O)C(=O)O. The van der Waals surface area contributed by atoms with E-state index < -0.39 is 47.0 Å². The molecule has 0 rings (SSSR count). The number of aliphatic hydroxyl groups is 1. The second kappa shape index (κ2) is 27.0. The van der Waals surface area contributed by atoms with Crippen molar-refractivity contribution in [1.29, 1.82) is 0 Å². The Morgan fingerprint density at radius 2 is 0.761 bits per heavy atom. The quantitative estimate of drug-likeness (QED) is 0.0395. The van der Waals surface area contributed by atoms with Crippen molar-refractivity contribution in [2.24, 2.45) is 11.3 Å². The Bertz CT molecular complexity index is 775. The van der Waals surface area contributed by atoms with Crippen molar-refractivity contribution >= 4 is 23.7 Å². The van der Waals surface area contributed by atoms with Crippen LogP contribution in [0, 0.1) is 11.3 Å². The van der Waals surface area contributed by atoms with Gasteiger partial charge < -0.3 is 20.4 Å². The third-order valence-corrected chi connectivity index (χ3v) is 9.83. The lowest BCUT2D eigenvalue weighted by molar-refractivity contribution is -0.183. The second-order valence-corrected chi connectivity index (χ2v) is 13.9. The summed E-state index contributed by atoms with van der Waals surface area (Å²) >= 11 is 0. The van der Waals surface area contributed by atoms with E-state index in [1.54, 1.807) is 0 Å². The summed E-state index contributed by atoms with van der Waals surface area (Å²) in [6.45, 7) is 6.55. The molecule has 46 heavy (non-hydrogen) atoms. The summed E-state index contributed by atoms with van der Waals surface area (Å²) in [5, 5.41) is 40.6. The first-order valence-corrected chi connectivity index (χ1v) is 19.0. The van der Waals surface area contributed by atoms with Crippen LogP contribution >= 0.6 is 0 Å². The molecule has 0 aliphatic rings. The fraction of sp³-hybridized carbons (Fsp3) is 0.895. The zero-order valence-corrected chi connectivity index (χ0v) is 29.8. The van der Waals surface area contributed by atoms with E-state index in [2.05, 4.69) is 20.8 Å². The lowest BCUT2D eigenvalue weighted by Gasteiger charge is -2.38. The molecule has 2 atom stereocenters. The van der Waals surface area contributed by atoms with Crippen molar-refractivity contribution in [1.82, 2.24) is 0 Å². The molecule has 8 nitrogen and oxygen atoms in total. The largest absolute Gasteiger partial charge is 0.481 e. The molecule has 0 heterocycles. The molecule has 0 aromatic rings. The fourth-order valence-electron chi connectivity index (χ4n) is 6.91. The van der Waals surface area contributed by atoms with E-state index >= 15 is 0 Å². The van der Waals surface area contributed by atoms with Crippen molar-refractivity contribution < 1.29 is 39.6 Å². The van der Waals surface area contributed by atoms with Gasteiger partial charge in [-0.25, -0.2) is 4.79 Å². The first kappa shape index (κ1) is 44.0. The first-order chi connectivity index (χ1) is 22.0. The van der Waals surface area contributed by atoms with Crippen LogP contribution in [0.2, 0.25) is 0 Å². The van der Waals surface area contributed by atoms with Crippen molar-refractivity contribution in [3.63, 3.8) is 0 Å². The van der Waals surface area contributed by atoms with Gasteiger partial charge in [0.05, 0.1) is 6.42 Å². The van der Waals surface area contributed by atoms with E-state index in [9.17, 15) is 39.6 Å². The van der Waals surface area contributed by atoms with Gasteiger partial charge in [0.1, 0.15) is 0 Å². The van der Waals surface area contributed by atoms with Gasteiger partial charge in [0, 0.05) is 5.41 Å². The number of aliphatic carboxylic acids is 3. The smallest absolute Gasteiger partial charge is 0.337 e. The molecule has 270 valence electrons. The van der Waals surface area contributed by atoms with Crippen molar-refractivity contribution in [3.05, 3.63) is 0 Å². The average Bonchev–Trinajstić information content (AvgIpc) is 3.00. The van der Waals surface area contributed by atoms with Crippen LogP contribution in [-0.2, 0) is 19.2 Å². The van der Waals surface area contributed by atoms with E-state index in [1.807, 2.05) is 0 Å². The van der Waals surface area contributed by atoms with Gasteiger partial charge in [0.15, 0.2) is 17.3 Å². The van der Waals surface area contributed by atoms with Crippen LogP contribution in [0.15, 0.2) is 0 Å². The zero-order chi connectivity index (χ0) is 34.7. The Kier molecular flexibility index (Phi) is 25.9.